The number of imidazole rings is 1. The number of aryl methyl sites for hydroxylation is 1. The molecule has 1 aliphatic heterocycles. The van der Waals surface area contributed by atoms with Crippen LogP contribution < -0.4 is 5.73 Å². The number of likely N-dealkylation sites (tertiary alicyclic amines) is 1. The molecule has 1 unspecified atom stereocenters. The Bertz CT molecular complexity index is 788. The average molecular weight is 354 g/mol. The normalized spacial score (nSPS) is 18.4. The van der Waals surface area contributed by atoms with Crippen LogP contribution in [0.15, 0.2) is 18.6 Å². The van der Waals surface area contributed by atoms with Crippen molar-refractivity contribution in [2.24, 2.45) is 7.05 Å². The number of hydrogen-bond donors (Lipinski definition) is 1. The van der Waals surface area contributed by atoms with Crippen LogP contribution in [0.2, 0.25) is 0 Å². The minimum atomic E-state index is -4.49. The molecular formula is C15H17F3N6O. The molecule has 1 fully saturated rings. The molecule has 3 rings (SSSR count). The molecule has 25 heavy (non-hydrogen) atoms. The van der Waals surface area contributed by atoms with Gasteiger partial charge in [0.15, 0.2) is 17.2 Å². The van der Waals surface area contributed by atoms with E-state index in [1.807, 2.05) is 0 Å². The van der Waals surface area contributed by atoms with Gasteiger partial charge in [0.25, 0.3) is 5.91 Å². The van der Waals surface area contributed by atoms with E-state index in [1.54, 1.807) is 0 Å². The standard InChI is InChI=1S/C15H17F3N6O/c1-23-8-10(15(16,17)18)22-13(23)9-3-2-6-24(7-9)14(25)11-12(19)21-5-4-20-11/h4-5,8-9H,2-3,6-7H2,1H3,(H2,19,21). The van der Waals surface area contributed by atoms with E-state index in [4.69, 9.17) is 5.73 Å². The molecule has 7 nitrogen and oxygen atoms in total. The summed E-state index contributed by atoms with van der Waals surface area (Å²) in [6.07, 6.45) is 0.550. The Morgan fingerprint density at radius 3 is 2.68 bits per heavy atom. The SMILES string of the molecule is Cn1cc(C(F)(F)F)nc1C1CCCN(C(=O)c2nccnc2N)C1. The number of piperidine rings is 1. The van der Waals surface area contributed by atoms with E-state index >= 15 is 0 Å². The molecule has 0 radical (unpaired) electrons. The molecule has 0 spiro atoms. The van der Waals surface area contributed by atoms with Crippen molar-refractivity contribution in [3.8, 4) is 0 Å². The Morgan fingerprint density at radius 1 is 1.32 bits per heavy atom. The third kappa shape index (κ3) is 3.42. The lowest BCUT2D eigenvalue weighted by molar-refractivity contribution is -0.141. The summed E-state index contributed by atoms with van der Waals surface area (Å²) >= 11 is 0. The summed E-state index contributed by atoms with van der Waals surface area (Å²) < 4.78 is 39.9. The van der Waals surface area contributed by atoms with Gasteiger partial charge >= 0.3 is 6.18 Å². The highest BCUT2D eigenvalue weighted by Crippen LogP contribution is 2.32. The lowest BCUT2D eigenvalue weighted by atomic mass is 9.97. The van der Waals surface area contributed by atoms with Crippen LogP contribution in [-0.4, -0.2) is 43.4 Å². The number of halogens is 3. The van der Waals surface area contributed by atoms with E-state index < -0.39 is 11.9 Å². The lowest BCUT2D eigenvalue weighted by Gasteiger charge is -2.32. The fraction of sp³-hybridized carbons (Fsp3) is 0.467. The molecular weight excluding hydrogens is 337 g/mol. The van der Waals surface area contributed by atoms with Gasteiger partial charge in [0.1, 0.15) is 5.82 Å². The number of nitrogen functional groups attached to an aromatic ring is 1. The van der Waals surface area contributed by atoms with Crippen molar-refractivity contribution in [3.05, 3.63) is 35.8 Å². The topological polar surface area (TPSA) is 89.9 Å². The van der Waals surface area contributed by atoms with Gasteiger partial charge in [-0.1, -0.05) is 0 Å². The van der Waals surface area contributed by atoms with Crippen LogP contribution in [0.25, 0.3) is 0 Å². The summed E-state index contributed by atoms with van der Waals surface area (Å²) in [4.78, 5) is 25.7. The van der Waals surface area contributed by atoms with Gasteiger partial charge in [-0.2, -0.15) is 13.2 Å². The molecule has 2 aromatic rings. The number of aromatic nitrogens is 4. The first-order chi connectivity index (χ1) is 11.8. The Morgan fingerprint density at radius 2 is 2.04 bits per heavy atom. The summed E-state index contributed by atoms with van der Waals surface area (Å²) in [5, 5.41) is 0. The summed E-state index contributed by atoms with van der Waals surface area (Å²) in [7, 11) is 1.53. The van der Waals surface area contributed by atoms with Crippen LogP contribution in [-0.2, 0) is 13.2 Å². The van der Waals surface area contributed by atoms with E-state index in [9.17, 15) is 18.0 Å². The van der Waals surface area contributed by atoms with E-state index in [0.29, 0.717) is 25.2 Å². The van der Waals surface area contributed by atoms with E-state index in [0.717, 1.165) is 6.20 Å². The van der Waals surface area contributed by atoms with Crippen molar-refractivity contribution in [2.45, 2.75) is 24.9 Å². The second-order valence-electron chi connectivity index (χ2n) is 5.97. The maximum absolute atomic E-state index is 12.8. The van der Waals surface area contributed by atoms with Gasteiger partial charge < -0.3 is 15.2 Å². The van der Waals surface area contributed by atoms with Crippen molar-refractivity contribution in [1.29, 1.82) is 0 Å². The second kappa shape index (κ2) is 6.34. The minimum absolute atomic E-state index is 0.0333. The molecule has 2 N–H and O–H groups in total. The zero-order chi connectivity index (χ0) is 18.2. The third-order valence-electron chi connectivity index (χ3n) is 4.21. The van der Waals surface area contributed by atoms with Gasteiger partial charge in [-0.3, -0.25) is 4.79 Å². The van der Waals surface area contributed by atoms with Gasteiger partial charge in [-0.15, -0.1) is 0 Å². The van der Waals surface area contributed by atoms with Crippen LogP contribution >= 0.6 is 0 Å². The van der Waals surface area contributed by atoms with Crippen molar-refractivity contribution >= 4 is 11.7 Å². The number of rotatable bonds is 2. The van der Waals surface area contributed by atoms with E-state index in [1.165, 1.54) is 28.9 Å². The lowest BCUT2D eigenvalue weighted by Crippen LogP contribution is -2.40. The Kier molecular flexibility index (Phi) is 4.36. The number of carbonyl (C=O) groups excluding carboxylic acids is 1. The molecule has 10 heteroatoms. The monoisotopic (exact) mass is 354 g/mol. The van der Waals surface area contributed by atoms with Gasteiger partial charge in [-0.05, 0) is 12.8 Å². The number of amides is 1. The van der Waals surface area contributed by atoms with Crippen molar-refractivity contribution in [3.63, 3.8) is 0 Å². The Labute approximate surface area is 141 Å². The molecule has 134 valence electrons. The summed E-state index contributed by atoms with van der Waals surface area (Å²) in [5.41, 5.74) is 4.82. The number of carbonyl (C=O) groups is 1. The molecule has 0 aliphatic carbocycles. The average Bonchev–Trinajstić information content (AvgIpc) is 2.97. The van der Waals surface area contributed by atoms with Crippen LogP contribution in [0, 0.1) is 0 Å². The third-order valence-corrected chi connectivity index (χ3v) is 4.21. The predicted molar refractivity (Wildman–Crippen MR) is 82.5 cm³/mol. The van der Waals surface area contributed by atoms with Gasteiger partial charge in [0.05, 0.1) is 0 Å². The van der Waals surface area contributed by atoms with Crippen LogP contribution in [0.4, 0.5) is 19.0 Å². The molecule has 3 heterocycles. The van der Waals surface area contributed by atoms with Crippen LogP contribution in [0.3, 0.4) is 0 Å². The smallest absolute Gasteiger partial charge is 0.382 e. The van der Waals surface area contributed by atoms with Crippen molar-refractivity contribution in [2.75, 3.05) is 18.8 Å². The zero-order valence-corrected chi connectivity index (χ0v) is 13.5. The van der Waals surface area contributed by atoms with Gasteiger partial charge in [-0.25, -0.2) is 15.0 Å². The highest BCUT2D eigenvalue weighted by Gasteiger charge is 2.36. The molecule has 0 bridgehead atoms. The molecule has 1 amide bonds. The minimum Gasteiger partial charge on any atom is -0.382 e. The van der Waals surface area contributed by atoms with Crippen LogP contribution in [0.5, 0.6) is 0 Å². The fourth-order valence-corrected chi connectivity index (χ4v) is 3.03. The maximum atomic E-state index is 12.8. The number of anilines is 1. The molecule has 2 aromatic heterocycles. The largest absolute Gasteiger partial charge is 0.434 e. The number of nitrogens with two attached hydrogens (primary N) is 1. The fourth-order valence-electron chi connectivity index (χ4n) is 3.03. The van der Waals surface area contributed by atoms with E-state index in [2.05, 4.69) is 15.0 Å². The summed E-state index contributed by atoms with van der Waals surface area (Å²) in [5.74, 6) is -0.305. The summed E-state index contributed by atoms with van der Waals surface area (Å²) in [6, 6.07) is 0. The second-order valence-corrected chi connectivity index (χ2v) is 5.97. The number of hydrogen-bond acceptors (Lipinski definition) is 5. The highest BCUT2D eigenvalue weighted by molar-refractivity contribution is 5.96. The maximum Gasteiger partial charge on any atom is 0.434 e. The summed E-state index contributed by atoms with van der Waals surface area (Å²) in [6.45, 7) is 0.749. The van der Waals surface area contributed by atoms with Gasteiger partial charge in [0.2, 0.25) is 0 Å². The highest BCUT2D eigenvalue weighted by atomic mass is 19.4. The number of alkyl halides is 3. The molecule has 1 aliphatic rings. The first-order valence-electron chi connectivity index (χ1n) is 7.73. The molecule has 1 atom stereocenters. The molecule has 1 saturated heterocycles. The predicted octanol–water partition coefficient (Wildman–Crippen LogP) is 1.83. The quantitative estimate of drug-likeness (QED) is 0.889. The Balaban J connectivity index is 1.81. The first-order valence-corrected chi connectivity index (χ1v) is 7.73. The van der Waals surface area contributed by atoms with Crippen LogP contribution in [0.1, 0.15) is 40.8 Å². The molecule has 0 saturated carbocycles. The first kappa shape index (κ1) is 17.2. The number of nitrogens with zero attached hydrogens (tertiary/aromatic N) is 5. The van der Waals surface area contributed by atoms with Crippen molar-refractivity contribution < 1.29 is 18.0 Å². The Hall–Kier alpha value is -2.65. The van der Waals surface area contributed by atoms with E-state index in [-0.39, 0.29) is 29.9 Å². The van der Waals surface area contributed by atoms with Gasteiger partial charge in [0, 0.05) is 44.6 Å². The zero-order valence-electron chi connectivity index (χ0n) is 13.5. The molecule has 0 aromatic carbocycles. The van der Waals surface area contributed by atoms with Crippen molar-refractivity contribution in [1.82, 2.24) is 24.4 Å².